The van der Waals surface area contributed by atoms with Crippen molar-refractivity contribution in [2.45, 2.75) is 6.54 Å². The Balaban J connectivity index is 2.45. The number of hydrogen-bond acceptors (Lipinski definition) is 7. The lowest BCUT2D eigenvalue weighted by Gasteiger charge is -2.11. The van der Waals surface area contributed by atoms with E-state index in [1.165, 1.54) is 6.33 Å². The van der Waals surface area contributed by atoms with Crippen LogP contribution in [0.4, 0.5) is 0 Å². The van der Waals surface area contributed by atoms with Crippen LogP contribution in [0, 0.1) is 0 Å². The van der Waals surface area contributed by atoms with E-state index in [0.717, 1.165) is 5.56 Å². The lowest BCUT2D eigenvalue weighted by atomic mass is 10.3. The lowest BCUT2D eigenvalue weighted by Crippen LogP contribution is -2.21. The van der Waals surface area contributed by atoms with Gasteiger partial charge in [-0.2, -0.15) is 0 Å². The molecule has 0 unspecified atom stereocenters. The summed E-state index contributed by atoms with van der Waals surface area (Å²) in [7, 11) is 3.10. The molecule has 7 nitrogen and oxygen atoms in total. The summed E-state index contributed by atoms with van der Waals surface area (Å²) < 4.78 is 15.4. The predicted molar refractivity (Wildman–Crippen MR) is 64.7 cm³/mol. The average Bonchev–Trinajstić information content (AvgIpc) is 2.42. The van der Waals surface area contributed by atoms with Gasteiger partial charge in [0, 0.05) is 13.1 Å². The molecule has 18 heavy (non-hydrogen) atoms. The third-order valence-corrected chi connectivity index (χ3v) is 2.21. The molecule has 0 spiro atoms. The zero-order valence-electron chi connectivity index (χ0n) is 10.7. The minimum atomic E-state index is 0.0359. The van der Waals surface area contributed by atoms with E-state index in [9.17, 15) is 0 Å². The van der Waals surface area contributed by atoms with Gasteiger partial charge in [0.1, 0.15) is 6.33 Å². The van der Waals surface area contributed by atoms with Gasteiger partial charge in [-0.3, -0.25) is 0 Å². The zero-order chi connectivity index (χ0) is 13.2. The second-order valence-electron chi connectivity index (χ2n) is 3.38. The minimum Gasteiger partial charge on any atom is -0.481 e. The molecule has 0 aliphatic rings. The third kappa shape index (κ3) is 4.44. The van der Waals surface area contributed by atoms with Crippen molar-refractivity contribution in [2.75, 3.05) is 40.6 Å². The van der Waals surface area contributed by atoms with Gasteiger partial charge in [0.2, 0.25) is 11.8 Å². The number of nitrogens with one attached hydrogen (secondary N) is 1. The molecular weight excluding hydrogens is 238 g/mol. The van der Waals surface area contributed by atoms with Crippen molar-refractivity contribution in [3.63, 3.8) is 0 Å². The summed E-state index contributed by atoms with van der Waals surface area (Å²) in [6, 6.07) is 0. The molecule has 0 saturated carbocycles. The third-order valence-electron chi connectivity index (χ3n) is 2.21. The summed E-state index contributed by atoms with van der Waals surface area (Å²) in [6.45, 7) is 2.09. The van der Waals surface area contributed by atoms with Crippen LogP contribution in [0.1, 0.15) is 5.56 Å². The van der Waals surface area contributed by atoms with Crippen LogP contribution in [-0.2, 0) is 11.3 Å². The van der Waals surface area contributed by atoms with Crippen LogP contribution < -0.4 is 14.8 Å². The van der Waals surface area contributed by atoms with E-state index in [1.54, 1.807) is 14.2 Å². The first-order valence-electron chi connectivity index (χ1n) is 5.64. The topological polar surface area (TPSA) is 85.7 Å². The maximum absolute atomic E-state index is 8.54. The van der Waals surface area contributed by atoms with E-state index in [2.05, 4.69) is 15.3 Å². The molecule has 1 aromatic heterocycles. The van der Waals surface area contributed by atoms with Crippen molar-refractivity contribution < 1.29 is 19.3 Å². The Kier molecular flexibility index (Phi) is 7.00. The van der Waals surface area contributed by atoms with E-state index in [0.29, 0.717) is 38.1 Å². The smallest absolute Gasteiger partial charge is 0.224 e. The van der Waals surface area contributed by atoms with Crippen LogP contribution in [0.15, 0.2) is 6.33 Å². The standard InChI is InChI=1S/C11H19N3O4/c1-16-10-9(11(17-2)14-8-13-10)7-12-3-5-18-6-4-15/h8,12,15H,3-7H2,1-2H3. The van der Waals surface area contributed by atoms with Crippen LogP contribution >= 0.6 is 0 Å². The van der Waals surface area contributed by atoms with E-state index >= 15 is 0 Å². The molecule has 102 valence electrons. The molecule has 1 heterocycles. The molecule has 0 atom stereocenters. The van der Waals surface area contributed by atoms with Crippen molar-refractivity contribution in [1.82, 2.24) is 15.3 Å². The minimum absolute atomic E-state index is 0.0359. The van der Waals surface area contributed by atoms with Gasteiger partial charge in [0.15, 0.2) is 0 Å². The monoisotopic (exact) mass is 257 g/mol. The van der Waals surface area contributed by atoms with Crippen molar-refractivity contribution in [1.29, 1.82) is 0 Å². The van der Waals surface area contributed by atoms with Crippen LogP contribution in [0.5, 0.6) is 11.8 Å². The first-order valence-corrected chi connectivity index (χ1v) is 5.64. The quantitative estimate of drug-likeness (QED) is 0.582. The SMILES string of the molecule is COc1ncnc(OC)c1CNCCOCCO. The molecule has 0 fully saturated rings. The first kappa shape index (κ1) is 14.6. The fraction of sp³-hybridized carbons (Fsp3) is 0.636. The fourth-order valence-electron chi connectivity index (χ4n) is 1.41. The summed E-state index contributed by atoms with van der Waals surface area (Å²) in [5, 5.41) is 11.7. The summed E-state index contributed by atoms with van der Waals surface area (Å²) in [4.78, 5) is 8.03. The van der Waals surface area contributed by atoms with Gasteiger partial charge < -0.3 is 24.6 Å². The van der Waals surface area contributed by atoms with Gasteiger partial charge in [-0.15, -0.1) is 0 Å². The Morgan fingerprint density at radius 3 is 2.39 bits per heavy atom. The van der Waals surface area contributed by atoms with E-state index < -0.39 is 0 Å². The zero-order valence-corrected chi connectivity index (χ0v) is 10.7. The van der Waals surface area contributed by atoms with E-state index in [-0.39, 0.29) is 6.61 Å². The largest absolute Gasteiger partial charge is 0.481 e. The molecule has 0 aliphatic carbocycles. The second-order valence-corrected chi connectivity index (χ2v) is 3.38. The van der Waals surface area contributed by atoms with Crippen LogP contribution in [-0.4, -0.2) is 55.7 Å². The van der Waals surface area contributed by atoms with Gasteiger partial charge in [0.05, 0.1) is 39.6 Å². The number of ether oxygens (including phenoxy) is 3. The number of aliphatic hydroxyl groups excluding tert-OH is 1. The summed E-state index contributed by atoms with van der Waals surface area (Å²) in [5.41, 5.74) is 0.768. The predicted octanol–water partition coefficient (Wildman–Crippen LogP) is -0.408. The molecule has 0 amide bonds. The number of rotatable bonds is 9. The fourth-order valence-corrected chi connectivity index (χ4v) is 1.41. The highest BCUT2D eigenvalue weighted by atomic mass is 16.5. The molecule has 1 aromatic rings. The molecule has 7 heteroatoms. The van der Waals surface area contributed by atoms with Gasteiger partial charge in [0.25, 0.3) is 0 Å². The maximum Gasteiger partial charge on any atom is 0.224 e. The van der Waals surface area contributed by atoms with Gasteiger partial charge in [-0.25, -0.2) is 9.97 Å². The Morgan fingerprint density at radius 1 is 1.17 bits per heavy atom. The highest BCUT2D eigenvalue weighted by Gasteiger charge is 2.11. The molecule has 0 aromatic carbocycles. The number of nitrogens with zero attached hydrogens (tertiary/aromatic N) is 2. The summed E-state index contributed by atoms with van der Waals surface area (Å²) in [6.07, 6.45) is 1.39. The highest BCUT2D eigenvalue weighted by Crippen LogP contribution is 2.22. The van der Waals surface area contributed by atoms with Crippen LogP contribution in [0.25, 0.3) is 0 Å². The number of aliphatic hydroxyl groups is 1. The lowest BCUT2D eigenvalue weighted by molar-refractivity contribution is 0.0937. The van der Waals surface area contributed by atoms with E-state index in [4.69, 9.17) is 19.3 Å². The average molecular weight is 257 g/mol. The van der Waals surface area contributed by atoms with Gasteiger partial charge >= 0.3 is 0 Å². The molecule has 1 rings (SSSR count). The normalized spacial score (nSPS) is 10.4. The maximum atomic E-state index is 8.54. The Morgan fingerprint density at radius 2 is 1.83 bits per heavy atom. The highest BCUT2D eigenvalue weighted by molar-refractivity contribution is 5.34. The van der Waals surface area contributed by atoms with Crippen molar-refractivity contribution in [3.8, 4) is 11.8 Å². The Bertz CT molecular complexity index is 327. The molecule has 0 radical (unpaired) electrons. The van der Waals surface area contributed by atoms with Crippen LogP contribution in [0.2, 0.25) is 0 Å². The van der Waals surface area contributed by atoms with Crippen molar-refractivity contribution >= 4 is 0 Å². The number of methoxy groups -OCH3 is 2. The van der Waals surface area contributed by atoms with Gasteiger partial charge in [-0.05, 0) is 0 Å². The summed E-state index contributed by atoms with van der Waals surface area (Å²) >= 11 is 0. The first-order chi connectivity index (χ1) is 8.83. The molecule has 0 aliphatic heterocycles. The molecule has 0 bridgehead atoms. The van der Waals surface area contributed by atoms with Crippen molar-refractivity contribution in [2.24, 2.45) is 0 Å². The molecule has 0 saturated heterocycles. The van der Waals surface area contributed by atoms with E-state index in [1.807, 2.05) is 0 Å². The number of hydrogen-bond donors (Lipinski definition) is 2. The van der Waals surface area contributed by atoms with Crippen LogP contribution in [0.3, 0.4) is 0 Å². The number of aromatic nitrogens is 2. The molecular formula is C11H19N3O4. The van der Waals surface area contributed by atoms with Gasteiger partial charge in [-0.1, -0.05) is 0 Å². The second kappa shape index (κ2) is 8.62. The molecule has 2 N–H and O–H groups in total. The van der Waals surface area contributed by atoms with Crippen molar-refractivity contribution in [3.05, 3.63) is 11.9 Å². The Hall–Kier alpha value is -1.44. The summed E-state index contributed by atoms with van der Waals surface area (Å²) in [5.74, 6) is 0.983. The Labute approximate surface area is 106 Å².